The van der Waals surface area contributed by atoms with Gasteiger partial charge in [-0.15, -0.1) is 5.10 Å². The second kappa shape index (κ2) is 3.83. The van der Waals surface area contributed by atoms with Crippen LogP contribution >= 0.6 is 0 Å². The molecule has 0 bridgehead atoms. The Bertz CT molecular complexity index is 581. The lowest BCUT2D eigenvalue weighted by Crippen LogP contribution is -2.38. The first-order valence-electron chi connectivity index (χ1n) is 6.52. The van der Waals surface area contributed by atoms with Crippen molar-refractivity contribution in [2.45, 2.75) is 31.7 Å². The Balaban J connectivity index is 1.91. The number of ether oxygens (including phenoxy) is 1. The smallest absolute Gasteiger partial charge is 0.246 e. The molecule has 0 radical (unpaired) electrons. The van der Waals surface area contributed by atoms with Crippen molar-refractivity contribution in [1.29, 1.82) is 0 Å². The zero-order chi connectivity index (χ0) is 11.9. The Labute approximate surface area is 104 Å². The van der Waals surface area contributed by atoms with Crippen LogP contribution in [0.15, 0.2) is 6.33 Å². The summed E-state index contributed by atoms with van der Waals surface area (Å²) in [5.41, 5.74) is 0.764. The summed E-state index contributed by atoms with van der Waals surface area (Å²) in [5.74, 6) is 1.63. The summed E-state index contributed by atoms with van der Waals surface area (Å²) in [4.78, 5) is 11.1. The number of nitrogens with one attached hydrogen (secondary N) is 1. The van der Waals surface area contributed by atoms with Gasteiger partial charge in [-0.25, -0.2) is 9.97 Å². The molecule has 6 heteroatoms. The molecule has 2 aromatic rings. The number of hydrogen-bond acceptors (Lipinski definition) is 5. The van der Waals surface area contributed by atoms with Gasteiger partial charge < -0.3 is 9.64 Å². The molecule has 1 fully saturated rings. The highest BCUT2D eigenvalue weighted by Crippen LogP contribution is 2.35. The van der Waals surface area contributed by atoms with Crippen LogP contribution in [0.4, 0.5) is 5.82 Å². The fourth-order valence-corrected chi connectivity index (χ4v) is 2.94. The van der Waals surface area contributed by atoms with Gasteiger partial charge in [0.2, 0.25) is 5.88 Å². The number of rotatable bonds is 0. The quantitative estimate of drug-likeness (QED) is 0.761. The van der Waals surface area contributed by atoms with E-state index in [4.69, 9.17) is 4.74 Å². The fraction of sp³-hybridized carbons (Fsp3) is 0.583. The monoisotopic (exact) mass is 245 g/mol. The molecule has 2 aromatic heterocycles. The summed E-state index contributed by atoms with van der Waals surface area (Å²) in [5, 5.41) is 8.03. The van der Waals surface area contributed by atoms with E-state index in [2.05, 4.69) is 25.1 Å². The molecule has 0 aliphatic carbocycles. The van der Waals surface area contributed by atoms with Gasteiger partial charge in [-0.05, 0) is 12.8 Å². The maximum atomic E-state index is 5.82. The molecular formula is C12H15N5O. The molecule has 0 aromatic carbocycles. The Kier molecular flexibility index (Phi) is 2.15. The van der Waals surface area contributed by atoms with Crippen molar-refractivity contribution in [1.82, 2.24) is 20.2 Å². The lowest BCUT2D eigenvalue weighted by molar-refractivity contribution is 0.274. The van der Waals surface area contributed by atoms with Crippen LogP contribution in [0.3, 0.4) is 0 Å². The summed E-state index contributed by atoms with van der Waals surface area (Å²) in [7, 11) is 0. The lowest BCUT2D eigenvalue weighted by atomic mass is 10.1. The highest BCUT2D eigenvalue weighted by molar-refractivity contribution is 5.92. The second-order valence-corrected chi connectivity index (χ2v) is 4.96. The topological polar surface area (TPSA) is 66.9 Å². The summed E-state index contributed by atoms with van der Waals surface area (Å²) in [6.45, 7) is 1.74. The molecule has 18 heavy (non-hydrogen) atoms. The molecule has 1 atom stereocenters. The summed E-state index contributed by atoms with van der Waals surface area (Å²) in [6, 6.07) is 0.416. The third-order valence-corrected chi connectivity index (χ3v) is 3.87. The first-order valence-corrected chi connectivity index (χ1v) is 6.52. The number of nitrogens with zero attached hydrogens (tertiary/aromatic N) is 4. The van der Waals surface area contributed by atoms with E-state index in [9.17, 15) is 0 Å². The molecule has 4 rings (SSSR count). The molecule has 1 N–H and O–H groups in total. The SMILES string of the molecule is c1nc2c3c(n[nH]c3n1)OCC1CCCCCN21. The number of anilines is 1. The van der Waals surface area contributed by atoms with Crippen molar-refractivity contribution in [3.63, 3.8) is 0 Å². The maximum absolute atomic E-state index is 5.82. The summed E-state index contributed by atoms with van der Waals surface area (Å²) in [6.07, 6.45) is 6.55. The molecule has 0 spiro atoms. The Morgan fingerprint density at radius 3 is 3.28 bits per heavy atom. The van der Waals surface area contributed by atoms with E-state index in [0.717, 1.165) is 23.4 Å². The van der Waals surface area contributed by atoms with Gasteiger partial charge in [-0.3, -0.25) is 5.10 Å². The van der Waals surface area contributed by atoms with Crippen molar-refractivity contribution in [2.75, 3.05) is 18.1 Å². The number of hydrogen-bond donors (Lipinski definition) is 1. The highest BCUT2D eigenvalue weighted by atomic mass is 16.5. The molecule has 1 saturated heterocycles. The number of aromatic amines is 1. The highest BCUT2D eigenvalue weighted by Gasteiger charge is 2.30. The normalized spacial score (nSPS) is 23.1. The van der Waals surface area contributed by atoms with Crippen molar-refractivity contribution in [3.8, 4) is 5.88 Å². The number of aromatic nitrogens is 4. The zero-order valence-corrected chi connectivity index (χ0v) is 10.1. The minimum Gasteiger partial charge on any atom is -0.474 e. The van der Waals surface area contributed by atoms with E-state index in [1.807, 2.05) is 0 Å². The lowest BCUT2D eigenvalue weighted by Gasteiger charge is -2.28. The molecule has 2 aliphatic rings. The van der Waals surface area contributed by atoms with Crippen molar-refractivity contribution in [2.24, 2.45) is 0 Å². The Morgan fingerprint density at radius 2 is 2.28 bits per heavy atom. The van der Waals surface area contributed by atoms with Gasteiger partial charge in [0, 0.05) is 6.54 Å². The van der Waals surface area contributed by atoms with Crippen LogP contribution in [-0.4, -0.2) is 39.4 Å². The molecule has 0 amide bonds. The van der Waals surface area contributed by atoms with E-state index in [1.54, 1.807) is 6.33 Å². The number of H-pyrrole nitrogens is 1. The van der Waals surface area contributed by atoms with Crippen molar-refractivity contribution in [3.05, 3.63) is 6.33 Å². The van der Waals surface area contributed by atoms with Gasteiger partial charge in [0.25, 0.3) is 0 Å². The largest absolute Gasteiger partial charge is 0.474 e. The molecule has 6 nitrogen and oxygen atoms in total. The van der Waals surface area contributed by atoms with Crippen LogP contribution in [-0.2, 0) is 0 Å². The van der Waals surface area contributed by atoms with Gasteiger partial charge in [0.15, 0.2) is 5.65 Å². The molecule has 0 saturated carbocycles. The van der Waals surface area contributed by atoms with Gasteiger partial charge in [0.05, 0.1) is 6.04 Å². The second-order valence-electron chi connectivity index (χ2n) is 4.96. The van der Waals surface area contributed by atoms with Crippen molar-refractivity contribution >= 4 is 16.9 Å². The molecule has 1 unspecified atom stereocenters. The van der Waals surface area contributed by atoms with Gasteiger partial charge in [0.1, 0.15) is 24.1 Å². The standard InChI is InChI=1S/C12H15N5O/c1-2-4-8-6-18-12-9-10(15-16-12)13-7-14-11(9)17(8)5-3-1/h7-8H,1-6H2,(H,13,14,15,16). The van der Waals surface area contributed by atoms with Crippen LogP contribution < -0.4 is 9.64 Å². The van der Waals surface area contributed by atoms with E-state index in [0.29, 0.717) is 18.5 Å². The van der Waals surface area contributed by atoms with Crippen LogP contribution in [0, 0.1) is 0 Å². The molecular weight excluding hydrogens is 230 g/mol. The van der Waals surface area contributed by atoms with Crippen LogP contribution in [0.1, 0.15) is 25.7 Å². The van der Waals surface area contributed by atoms with E-state index < -0.39 is 0 Å². The van der Waals surface area contributed by atoms with Crippen LogP contribution in [0.5, 0.6) is 5.88 Å². The third kappa shape index (κ3) is 1.38. The zero-order valence-electron chi connectivity index (χ0n) is 10.1. The summed E-state index contributed by atoms with van der Waals surface area (Å²) >= 11 is 0. The first-order chi connectivity index (χ1) is 8.93. The van der Waals surface area contributed by atoms with Gasteiger partial charge in [-0.2, -0.15) is 0 Å². The summed E-state index contributed by atoms with van der Waals surface area (Å²) < 4.78 is 5.82. The number of fused-ring (bicyclic) bond motifs is 2. The minimum atomic E-state index is 0.416. The van der Waals surface area contributed by atoms with E-state index >= 15 is 0 Å². The third-order valence-electron chi connectivity index (χ3n) is 3.87. The first kappa shape index (κ1) is 10.1. The van der Waals surface area contributed by atoms with E-state index in [1.165, 1.54) is 25.7 Å². The molecule has 4 heterocycles. The van der Waals surface area contributed by atoms with Gasteiger partial charge >= 0.3 is 0 Å². The van der Waals surface area contributed by atoms with Gasteiger partial charge in [-0.1, -0.05) is 12.8 Å². The average molecular weight is 245 g/mol. The van der Waals surface area contributed by atoms with Crippen LogP contribution in [0.2, 0.25) is 0 Å². The average Bonchev–Trinajstić information content (AvgIpc) is 2.58. The minimum absolute atomic E-state index is 0.416. The predicted octanol–water partition coefficient (Wildman–Crippen LogP) is 1.49. The Morgan fingerprint density at radius 1 is 1.28 bits per heavy atom. The van der Waals surface area contributed by atoms with E-state index in [-0.39, 0.29) is 0 Å². The maximum Gasteiger partial charge on any atom is 0.246 e. The molecule has 94 valence electrons. The van der Waals surface area contributed by atoms with Crippen LogP contribution in [0.25, 0.3) is 11.0 Å². The predicted molar refractivity (Wildman–Crippen MR) is 66.8 cm³/mol. The Hall–Kier alpha value is -1.85. The fourth-order valence-electron chi connectivity index (χ4n) is 2.94. The van der Waals surface area contributed by atoms with Crippen molar-refractivity contribution < 1.29 is 4.74 Å². The molecule has 2 aliphatic heterocycles.